The lowest BCUT2D eigenvalue weighted by Gasteiger charge is -2.14. The van der Waals surface area contributed by atoms with Gasteiger partial charge in [0.05, 0.1) is 30.6 Å². The molecule has 0 aliphatic heterocycles. The fourth-order valence-corrected chi connectivity index (χ4v) is 2.95. The normalized spacial score (nSPS) is 10.3. The molecule has 5 nitrogen and oxygen atoms in total. The Morgan fingerprint density at radius 2 is 1.88 bits per heavy atom. The molecule has 2 aromatic carbocycles. The number of halogens is 1. The minimum atomic E-state index is -0.125. The first-order valence-electron chi connectivity index (χ1n) is 7.97. The zero-order chi connectivity index (χ0) is 18.4. The van der Waals surface area contributed by atoms with Crippen molar-refractivity contribution in [3.05, 3.63) is 46.5 Å². The van der Waals surface area contributed by atoms with Crippen molar-refractivity contribution in [1.82, 2.24) is 0 Å². The van der Waals surface area contributed by atoms with Crippen molar-refractivity contribution in [1.29, 1.82) is 0 Å². The van der Waals surface area contributed by atoms with Gasteiger partial charge in [-0.15, -0.1) is 0 Å². The van der Waals surface area contributed by atoms with Crippen LogP contribution in [0.3, 0.4) is 0 Å². The molecule has 0 spiro atoms. The molecule has 2 rings (SSSR count). The van der Waals surface area contributed by atoms with Crippen LogP contribution in [0.4, 0.5) is 11.4 Å². The van der Waals surface area contributed by atoms with Crippen molar-refractivity contribution < 1.29 is 14.3 Å². The number of anilines is 2. The molecule has 0 saturated heterocycles. The summed E-state index contributed by atoms with van der Waals surface area (Å²) in [6, 6.07) is 9.21. The first kappa shape index (κ1) is 18.9. The van der Waals surface area contributed by atoms with Gasteiger partial charge in [-0.25, -0.2) is 0 Å². The molecule has 6 heteroatoms. The fourth-order valence-electron chi connectivity index (χ4n) is 2.57. The lowest BCUT2D eigenvalue weighted by Crippen LogP contribution is -2.17. The molecule has 0 radical (unpaired) electrons. The van der Waals surface area contributed by atoms with E-state index in [1.807, 2.05) is 19.9 Å². The van der Waals surface area contributed by atoms with Crippen LogP contribution in [0.5, 0.6) is 11.5 Å². The average molecular weight is 363 g/mol. The van der Waals surface area contributed by atoms with E-state index in [9.17, 15) is 4.79 Å². The van der Waals surface area contributed by atoms with Crippen LogP contribution < -0.4 is 20.1 Å². The third-order valence-corrected chi connectivity index (χ3v) is 4.06. The van der Waals surface area contributed by atoms with E-state index in [-0.39, 0.29) is 5.91 Å². The molecule has 0 aromatic heterocycles. The molecule has 0 aliphatic rings. The van der Waals surface area contributed by atoms with Gasteiger partial charge >= 0.3 is 0 Å². The molecule has 0 atom stereocenters. The van der Waals surface area contributed by atoms with Crippen molar-refractivity contribution in [2.45, 2.75) is 20.3 Å². The number of methoxy groups -OCH3 is 2. The predicted molar refractivity (Wildman–Crippen MR) is 102 cm³/mol. The van der Waals surface area contributed by atoms with Gasteiger partial charge in [0.2, 0.25) is 5.91 Å². The van der Waals surface area contributed by atoms with E-state index < -0.39 is 0 Å². The number of hydrogen-bond acceptors (Lipinski definition) is 4. The van der Waals surface area contributed by atoms with E-state index in [0.29, 0.717) is 35.2 Å². The molecule has 0 fully saturated rings. The first-order valence-corrected chi connectivity index (χ1v) is 8.35. The summed E-state index contributed by atoms with van der Waals surface area (Å²) < 4.78 is 10.4. The summed E-state index contributed by atoms with van der Waals surface area (Å²) in [4.78, 5) is 12.2. The average Bonchev–Trinajstić information content (AvgIpc) is 2.57. The van der Waals surface area contributed by atoms with Crippen LogP contribution in [0.25, 0.3) is 0 Å². The van der Waals surface area contributed by atoms with Crippen LogP contribution in [0.1, 0.15) is 17.5 Å². The highest BCUT2D eigenvalue weighted by atomic mass is 35.5. The highest BCUT2D eigenvalue weighted by Crippen LogP contribution is 2.29. The molecule has 0 bridgehead atoms. The molecule has 2 aromatic rings. The van der Waals surface area contributed by atoms with E-state index in [1.54, 1.807) is 32.4 Å². The van der Waals surface area contributed by atoms with Gasteiger partial charge in [-0.3, -0.25) is 4.79 Å². The number of amides is 1. The number of nitrogens with one attached hydrogen (secondary N) is 2. The van der Waals surface area contributed by atoms with Crippen molar-refractivity contribution in [2.75, 3.05) is 31.4 Å². The van der Waals surface area contributed by atoms with Crippen LogP contribution in [0.15, 0.2) is 30.3 Å². The number of carbonyl (C=O) groups excluding carboxylic acids is 1. The smallest absolute Gasteiger partial charge is 0.226 e. The summed E-state index contributed by atoms with van der Waals surface area (Å²) >= 11 is 6.26. The second-order valence-electron chi connectivity index (χ2n) is 5.73. The van der Waals surface area contributed by atoms with Gasteiger partial charge in [0.25, 0.3) is 0 Å². The predicted octanol–water partition coefficient (Wildman–Crippen LogP) is 4.41. The molecule has 134 valence electrons. The zero-order valence-electron chi connectivity index (χ0n) is 14.9. The maximum Gasteiger partial charge on any atom is 0.226 e. The Morgan fingerprint density at radius 1 is 1.12 bits per heavy atom. The Balaban J connectivity index is 1.96. The lowest BCUT2D eigenvalue weighted by molar-refractivity contribution is -0.116. The van der Waals surface area contributed by atoms with Gasteiger partial charge in [0.15, 0.2) is 0 Å². The molecule has 0 unspecified atom stereocenters. The largest absolute Gasteiger partial charge is 0.497 e. The number of rotatable bonds is 7. The molecule has 0 saturated carbocycles. The third kappa shape index (κ3) is 5.03. The van der Waals surface area contributed by atoms with Crippen molar-refractivity contribution >= 4 is 28.9 Å². The minimum absolute atomic E-state index is 0.125. The van der Waals surface area contributed by atoms with Crippen molar-refractivity contribution in [3.63, 3.8) is 0 Å². The lowest BCUT2D eigenvalue weighted by atomic mass is 10.1. The molecule has 0 heterocycles. The number of carbonyl (C=O) groups is 1. The molecular formula is C19H23ClN2O3. The van der Waals surface area contributed by atoms with Gasteiger partial charge in [-0.1, -0.05) is 17.7 Å². The van der Waals surface area contributed by atoms with Gasteiger partial charge in [-0.2, -0.15) is 0 Å². The summed E-state index contributed by atoms with van der Waals surface area (Å²) in [5.74, 6) is 1.11. The van der Waals surface area contributed by atoms with Crippen LogP contribution in [0.2, 0.25) is 5.02 Å². The number of benzene rings is 2. The standard InChI is InChI=1S/C19H23ClN2O3/c1-12-9-13(2)19(15(20)10-12)21-8-7-18(23)22-16-11-14(24-3)5-6-17(16)25-4/h5-6,9-11,21H,7-8H2,1-4H3,(H,22,23). The number of hydrogen-bond donors (Lipinski definition) is 2. The van der Waals surface area contributed by atoms with Crippen LogP contribution in [-0.4, -0.2) is 26.7 Å². The Hall–Kier alpha value is -2.40. The third-order valence-electron chi connectivity index (χ3n) is 3.77. The summed E-state index contributed by atoms with van der Waals surface area (Å²) in [5, 5.41) is 6.73. The summed E-state index contributed by atoms with van der Waals surface area (Å²) in [7, 11) is 3.13. The van der Waals surface area contributed by atoms with E-state index in [2.05, 4.69) is 16.7 Å². The fraction of sp³-hybridized carbons (Fsp3) is 0.316. The van der Waals surface area contributed by atoms with Gasteiger partial charge in [0.1, 0.15) is 11.5 Å². The van der Waals surface area contributed by atoms with E-state index >= 15 is 0 Å². The second kappa shape index (κ2) is 8.62. The summed E-state index contributed by atoms with van der Waals surface area (Å²) in [6.07, 6.45) is 0.296. The van der Waals surface area contributed by atoms with Gasteiger partial charge < -0.3 is 20.1 Å². The monoisotopic (exact) mass is 362 g/mol. The first-order chi connectivity index (χ1) is 11.9. The molecule has 2 N–H and O–H groups in total. The van der Waals surface area contributed by atoms with E-state index in [1.165, 1.54) is 0 Å². The maximum absolute atomic E-state index is 12.2. The summed E-state index contributed by atoms with van der Waals surface area (Å²) in [5.41, 5.74) is 3.60. The molecule has 25 heavy (non-hydrogen) atoms. The second-order valence-corrected chi connectivity index (χ2v) is 6.14. The highest BCUT2D eigenvalue weighted by molar-refractivity contribution is 6.33. The van der Waals surface area contributed by atoms with E-state index in [4.69, 9.17) is 21.1 Å². The Morgan fingerprint density at radius 3 is 2.52 bits per heavy atom. The Kier molecular flexibility index (Phi) is 6.53. The van der Waals surface area contributed by atoms with Crippen molar-refractivity contribution in [2.24, 2.45) is 0 Å². The van der Waals surface area contributed by atoms with Gasteiger partial charge in [-0.05, 0) is 43.2 Å². The number of aryl methyl sites for hydroxylation is 2. The minimum Gasteiger partial charge on any atom is -0.497 e. The van der Waals surface area contributed by atoms with Crippen molar-refractivity contribution in [3.8, 4) is 11.5 Å². The molecule has 0 aliphatic carbocycles. The number of ether oxygens (including phenoxy) is 2. The van der Waals surface area contributed by atoms with Crippen LogP contribution in [0, 0.1) is 13.8 Å². The maximum atomic E-state index is 12.2. The molecular weight excluding hydrogens is 340 g/mol. The topological polar surface area (TPSA) is 59.6 Å². The van der Waals surface area contributed by atoms with Crippen LogP contribution >= 0.6 is 11.6 Å². The zero-order valence-corrected chi connectivity index (χ0v) is 15.7. The quantitative estimate of drug-likeness (QED) is 0.765. The van der Waals surface area contributed by atoms with Crippen LogP contribution in [-0.2, 0) is 4.79 Å². The highest BCUT2D eigenvalue weighted by Gasteiger charge is 2.10. The van der Waals surface area contributed by atoms with E-state index in [0.717, 1.165) is 16.8 Å². The van der Waals surface area contributed by atoms with Gasteiger partial charge in [0, 0.05) is 19.0 Å². The summed E-state index contributed by atoms with van der Waals surface area (Å²) in [6.45, 7) is 4.46. The SMILES string of the molecule is COc1ccc(OC)c(NC(=O)CCNc2c(C)cc(C)cc2Cl)c1. The Bertz CT molecular complexity index is 739. The molecule has 1 amide bonds. The Labute approximate surface area is 153 Å².